The van der Waals surface area contributed by atoms with Crippen molar-refractivity contribution in [1.82, 2.24) is 10.6 Å². The third-order valence-corrected chi connectivity index (χ3v) is 3.11. The first-order valence-corrected chi connectivity index (χ1v) is 7.16. The van der Waals surface area contributed by atoms with Crippen molar-refractivity contribution in [3.8, 4) is 5.75 Å². The number of aliphatic imine (C=N–C) groups is 1. The first-order chi connectivity index (χ1) is 9.96. The van der Waals surface area contributed by atoms with Crippen LogP contribution >= 0.6 is 24.0 Å². The predicted molar refractivity (Wildman–Crippen MR) is 103 cm³/mol. The van der Waals surface area contributed by atoms with Crippen LogP contribution < -0.4 is 15.4 Å². The van der Waals surface area contributed by atoms with E-state index in [1.165, 1.54) is 5.56 Å². The maximum Gasteiger partial charge on any atom is 0.191 e. The molecule has 0 aliphatic carbocycles. The molecule has 0 saturated heterocycles. The van der Waals surface area contributed by atoms with Gasteiger partial charge in [-0.3, -0.25) is 4.99 Å². The molecule has 5 nitrogen and oxygen atoms in total. The molecule has 2 N–H and O–H groups in total. The highest BCUT2D eigenvalue weighted by atomic mass is 127. The molecule has 1 aromatic rings. The molecule has 0 aliphatic heterocycles. The van der Waals surface area contributed by atoms with E-state index in [9.17, 15) is 0 Å². The first-order valence-electron chi connectivity index (χ1n) is 7.16. The number of aryl methyl sites for hydroxylation is 1. The molecule has 6 heteroatoms. The Bertz CT molecular complexity index is 464. The fourth-order valence-corrected chi connectivity index (χ4v) is 1.63. The van der Waals surface area contributed by atoms with Crippen LogP contribution in [-0.4, -0.2) is 45.4 Å². The second-order valence-electron chi connectivity index (χ2n) is 5.48. The van der Waals surface area contributed by atoms with Gasteiger partial charge >= 0.3 is 0 Å². The van der Waals surface area contributed by atoms with Gasteiger partial charge in [-0.1, -0.05) is 12.1 Å². The van der Waals surface area contributed by atoms with E-state index in [1.54, 1.807) is 14.2 Å². The van der Waals surface area contributed by atoms with E-state index in [4.69, 9.17) is 9.47 Å². The van der Waals surface area contributed by atoms with Crippen molar-refractivity contribution >= 4 is 29.9 Å². The Kier molecular flexibility index (Phi) is 10.2. The van der Waals surface area contributed by atoms with Crippen LogP contribution in [0.2, 0.25) is 0 Å². The van der Waals surface area contributed by atoms with E-state index in [-0.39, 0.29) is 29.6 Å². The van der Waals surface area contributed by atoms with Crippen LogP contribution in [0.5, 0.6) is 5.75 Å². The van der Waals surface area contributed by atoms with Gasteiger partial charge < -0.3 is 20.1 Å². The Balaban J connectivity index is 0.00000441. The largest absolute Gasteiger partial charge is 0.492 e. The normalized spacial score (nSPS) is 11.6. The van der Waals surface area contributed by atoms with E-state index in [0.29, 0.717) is 19.7 Å². The topological polar surface area (TPSA) is 54.9 Å². The zero-order valence-electron chi connectivity index (χ0n) is 14.1. The summed E-state index contributed by atoms with van der Waals surface area (Å²) < 4.78 is 11.0. The van der Waals surface area contributed by atoms with Gasteiger partial charge in [0.05, 0.1) is 12.1 Å². The van der Waals surface area contributed by atoms with Gasteiger partial charge in [0, 0.05) is 20.7 Å². The van der Waals surface area contributed by atoms with E-state index in [2.05, 4.69) is 28.6 Å². The lowest BCUT2D eigenvalue weighted by molar-refractivity contribution is 0.0268. The smallest absolute Gasteiger partial charge is 0.191 e. The number of guanidine groups is 1. The number of ether oxygens (including phenoxy) is 2. The van der Waals surface area contributed by atoms with Crippen molar-refractivity contribution in [2.24, 2.45) is 4.99 Å². The molecule has 0 spiro atoms. The van der Waals surface area contributed by atoms with Crippen LogP contribution in [0, 0.1) is 6.92 Å². The maximum absolute atomic E-state index is 5.68. The summed E-state index contributed by atoms with van der Waals surface area (Å²) in [6.07, 6.45) is 0. The van der Waals surface area contributed by atoms with E-state index < -0.39 is 0 Å². The van der Waals surface area contributed by atoms with Gasteiger partial charge in [-0.25, -0.2) is 0 Å². The molecule has 0 aliphatic rings. The number of methoxy groups -OCH3 is 1. The molecule has 0 bridgehead atoms. The van der Waals surface area contributed by atoms with Crippen LogP contribution in [0.3, 0.4) is 0 Å². The Morgan fingerprint density at radius 3 is 2.59 bits per heavy atom. The van der Waals surface area contributed by atoms with Crippen molar-refractivity contribution in [3.63, 3.8) is 0 Å². The Morgan fingerprint density at radius 1 is 1.27 bits per heavy atom. The molecule has 1 rings (SSSR count). The van der Waals surface area contributed by atoms with E-state index in [0.717, 1.165) is 11.7 Å². The highest BCUT2D eigenvalue weighted by Gasteiger charge is 2.16. The highest BCUT2D eigenvalue weighted by Crippen LogP contribution is 2.11. The molecule has 0 unspecified atom stereocenters. The lowest BCUT2D eigenvalue weighted by Gasteiger charge is -2.24. The average molecular weight is 421 g/mol. The van der Waals surface area contributed by atoms with Crippen LogP contribution in [0.1, 0.15) is 19.4 Å². The van der Waals surface area contributed by atoms with E-state index in [1.807, 2.05) is 32.0 Å². The number of nitrogens with zero attached hydrogens (tertiary/aromatic N) is 1. The van der Waals surface area contributed by atoms with Gasteiger partial charge in [-0.2, -0.15) is 0 Å². The third-order valence-electron chi connectivity index (χ3n) is 3.11. The van der Waals surface area contributed by atoms with Gasteiger partial charge in [0.1, 0.15) is 12.4 Å². The summed E-state index contributed by atoms with van der Waals surface area (Å²) >= 11 is 0. The van der Waals surface area contributed by atoms with Crippen LogP contribution in [-0.2, 0) is 4.74 Å². The number of hydrogen-bond donors (Lipinski definition) is 2. The number of halogens is 1. The molecule has 0 atom stereocenters. The van der Waals surface area contributed by atoms with Gasteiger partial charge in [0.2, 0.25) is 0 Å². The molecule has 0 radical (unpaired) electrons. The minimum atomic E-state index is -0.227. The minimum Gasteiger partial charge on any atom is -0.492 e. The summed E-state index contributed by atoms with van der Waals surface area (Å²) in [6.45, 7) is 8.04. The first kappa shape index (κ1) is 21.0. The molecule has 0 heterocycles. The van der Waals surface area contributed by atoms with Crippen molar-refractivity contribution in [2.45, 2.75) is 26.4 Å². The van der Waals surface area contributed by atoms with Gasteiger partial charge in [-0.05, 0) is 38.5 Å². The van der Waals surface area contributed by atoms with Crippen molar-refractivity contribution in [1.29, 1.82) is 0 Å². The van der Waals surface area contributed by atoms with Crippen molar-refractivity contribution < 1.29 is 9.47 Å². The monoisotopic (exact) mass is 421 g/mol. The average Bonchev–Trinajstić information content (AvgIpc) is 2.46. The Hall–Kier alpha value is -1.02. The maximum atomic E-state index is 5.68. The second-order valence-corrected chi connectivity index (χ2v) is 5.48. The summed E-state index contributed by atoms with van der Waals surface area (Å²) in [5.41, 5.74) is 0.968. The highest BCUT2D eigenvalue weighted by molar-refractivity contribution is 14.0. The van der Waals surface area contributed by atoms with Crippen LogP contribution in [0.25, 0.3) is 0 Å². The quantitative estimate of drug-likeness (QED) is 0.308. The number of nitrogens with one attached hydrogen (secondary N) is 2. The standard InChI is InChI=1S/C16H27N3O2.HI/c1-13-7-6-8-14(11-13)21-10-9-18-15(17-4)19-12-16(2,3)20-5;/h6-8,11H,9-10,12H2,1-5H3,(H2,17,18,19);1H. The molecular weight excluding hydrogens is 393 g/mol. The molecule has 0 saturated carbocycles. The molecular formula is C16H28IN3O2. The minimum absolute atomic E-state index is 0. The van der Waals surface area contributed by atoms with Crippen LogP contribution in [0.15, 0.2) is 29.3 Å². The number of rotatable bonds is 7. The fourth-order valence-electron chi connectivity index (χ4n) is 1.63. The predicted octanol–water partition coefficient (Wildman–Crippen LogP) is 2.58. The lowest BCUT2D eigenvalue weighted by atomic mass is 10.1. The molecule has 0 fully saturated rings. The van der Waals surface area contributed by atoms with E-state index >= 15 is 0 Å². The van der Waals surface area contributed by atoms with Gasteiger partial charge in [0.15, 0.2) is 5.96 Å². The zero-order valence-corrected chi connectivity index (χ0v) is 16.4. The van der Waals surface area contributed by atoms with Crippen LogP contribution in [0.4, 0.5) is 0 Å². The van der Waals surface area contributed by atoms with Crippen molar-refractivity contribution in [3.05, 3.63) is 29.8 Å². The molecule has 0 amide bonds. The van der Waals surface area contributed by atoms with Crippen molar-refractivity contribution in [2.75, 3.05) is 33.9 Å². The number of hydrogen-bond acceptors (Lipinski definition) is 3. The Labute approximate surface area is 150 Å². The zero-order chi connectivity index (χ0) is 15.7. The van der Waals surface area contributed by atoms with Gasteiger partial charge in [0.25, 0.3) is 0 Å². The molecule has 1 aromatic carbocycles. The summed E-state index contributed by atoms with van der Waals surface area (Å²) in [6, 6.07) is 8.02. The number of benzene rings is 1. The summed E-state index contributed by atoms with van der Waals surface area (Å²) in [4.78, 5) is 4.17. The SMILES string of the molecule is CN=C(NCCOc1cccc(C)c1)NCC(C)(C)OC.I. The molecule has 0 aromatic heterocycles. The Morgan fingerprint density at radius 2 is 2.00 bits per heavy atom. The second kappa shape index (κ2) is 10.7. The molecule has 126 valence electrons. The van der Waals surface area contributed by atoms with Gasteiger partial charge in [-0.15, -0.1) is 24.0 Å². The summed E-state index contributed by atoms with van der Waals surface area (Å²) in [7, 11) is 3.45. The summed E-state index contributed by atoms with van der Waals surface area (Å²) in [5.74, 6) is 1.63. The lowest BCUT2D eigenvalue weighted by Crippen LogP contribution is -2.46. The summed E-state index contributed by atoms with van der Waals surface area (Å²) in [5, 5.41) is 6.44. The fraction of sp³-hybridized carbons (Fsp3) is 0.562. The third kappa shape index (κ3) is 8.43. The molecule has 22 heavy (non-hydrogen) atoms.